The van der Waals surface area contributed by atoms with Gasteiger partial charge in [-0.25, -0.2) is 9.78 Å². The SMILES string of the molecule is COc1ccc(CN(Cc2cnc[nH]2)Cc2ccco2)c(OC)c1.O=C(O)CC(O)(CC(=O)O)C(=O)O. The van der Waals surface area contributed by atoms with Crippen LogP contribution in [0.2, 0.25) is 0 Å². The number of carboxylic acids is 3. The van der Waals surface area contributed by atoms with E-state index in [0.717, 1.165) is 35.1 Å². The summed E-state index contributed by atoms with van der Waals surface area (Å²) in [6.45, 7) is 2.14. The Balaban J connectivity index is 0.000000317. The summed E-state index contributed by atoms with van der Waals surface area (Å²) in [4.78, 5) is 40.0. The molecule has 3 aromatic rings. The topological polar surface area (TPSA) is 196 Å². The van der Waals surface area contributed by atoms with Crippen molar-refractivity contribution in [2.75, 3.05) is 14.2 Å². The zero-order chi connectivity index (χ0) is 27.4. The Morgan fingerprint density at radius 3 is 2.22 bits per heavy atom. The van der Waals surface area contributed by atoms with Gasteiger partial charge in [0, 0.05) is 36.6 Å². The van der Waals surface area contributed by atoms with Crippen molar-refractivity contribution in [3.63, 3.8) is 0 Å². The van der Waals surface area contributed by atoms with E-state index in [1.807, 2.05) is 36.5 Å². The third-order valence-electron chi connectivity index (χ3n) is 5.08. The van der Waals surface area contributed by atoms with Crippen LogP contribution in [-0.4, -0.2) is 73.0 Å². The van der Waals surface area contributed by atoms with Gasteiger partial charge in [-0.2, -0.15) is 0 Å². The Hall–Kier alpha value is -4.36. The lowest BCUT2D eigenvalue weighted by Crippen LogP contribution is -2.42. The molecule has 13 nitrogen and oxygen atoms in total. The van der Waals surface area contributed by atoms with Crippen LogP contribution in [0.5, 0.6) is 11.5 Å². The van der Waals surface area contributed by atoms with E-state index in [0.29, 0.717) is 13.1 Å². The molecule has 0 saturated heterocycles. The Morgan fingerprint density at radius 2 is 1.73 bits per heavy atom. The smallest absolute Gasteiger partial charge is 0.336 e. The number of rotatable bonds is 13. The standard InChI is InChI=1S/C18H21N3O3.C6H8O7/c1-22-16-6-5-14(18(8-16)23-2)10-21(11-15-9-19-13-20-15)12-17-4-3-7-24-17;7-3(8)1-6(13,5(11)12)2-4(9)10/h3-9,13H,10-12H2,1-2H3,(H,19,20);13H,1-2H2,(H,7,8)(H,9,10)(H,11,12). The van der Waals surface area contributed by atoms with Crippen LogP contribution in [0.4, 0.5) is 0 Å². The van der Waals surface area contributed by atoms with Crippen LogP contribution >= 0.6 is 0 Å². The van der Waals surface area contributed by atoms with Crippen molar-refractivity contribution in [1.29, 1.82) is 0 Å². The average Bonchev–Trinajstić information content (AvgIpc) is 3.53. The number of nitrogens with zero attached hydrogens (tertiary/aromatic N) is 2. The second-order valence-corrected chi connectivity index (χ2v) is 7.96. The van der Waals surface area contributed by atoms with E-state index in [9.17, 15) is 14.4 Å². The molecule has 13 heteroatoms. The van der Waals surface area contributed by atoms with Crippen LogP contribution in [0.3, 0.4) is 0 Å². The molecule has 0 spiro atoms. The zero-order valence-electron chi connectivity index (χ0n) is 20.3. The van der Waals surface area contributed by atoms with E-state index in [4.69, 9.17) is 34.3 Å². The van der Waals surface area contributed by atoms with Crippen molar-refractivity contribution in [2.45, 2.75) is 38.1 Å². The van der Waals surface area contributed by atoms with E-state index in [-0.39, 0.29) is 0 Å². The fourth-order valence-corrected chi connectivity index (χ4v) is 3.34. The summed E-state index contributed by atoms with van der Waals surface area (Å²) in [6.07, 6.45) is 2.93. The van der Waals surface area contributed by atoms with Gasteiger partial charge in [0.05, 0.1) is 46.2 Å². The van der Waals surface area contributed by atoms with Crippen LogP contribution in [0, 0.1) is 0 Å². The van der Waals surface area contributed by atoms with Crippen LogP contribution in [0.1, 0.15) is 29.9 Å². The number of carboxylic acid groups (broad SMARTS) is 3. The first kappa shape index (κ1) is 28.9. The predicted molar refractivity (Wildman–Crippen MR) is 127 cm³/mol. The number of furan rings is 1. The van der Waals surface area contributed by atoms with Crippen molar-refractivity contribution >= 4 is 17.9 Å². The number of aromatic amines is 1. The summed E-state index contributed by atoms with van der Waals surface area (Å²) >= 11 is 0. The lowest BCUT2D eigenvalue weighted by atomic mass is 9.96. The van der Waals surface area contributed by atoms with Crippen LogP contribution < -0.4 is 9.47 Å². The molecule has 0 unspecified atom stereocenters. The van der Waals surface area contributed by atoms with Crippen LogP contribution in [-0.2, 0) is 34.0 Å². The molecule has 37 heavy (non-hydrogen) atoms. The molecule has 0 fully saturated rings. The van der Waals surface area contributed by atoms with Crippen molar-refractivity contribution in [3.05, 3.63) is 66.1 Å². The van der Waals surface area contributed by atoms with E-state index in [2.05, 4.69) is 14.9 Å². The molecule has 1 aromatic carbocycles. The first-order valence-corrected chi connectivity index (χ1v) is 10.9. The minimum absolute atomic E-state index is 0.696. The number of aliphatic hydroxyl groups is 1. The van der Waals surface area contributed by atoms with Gasteiger partial charge in [-0.1, -0.05) is 6.07 Å². The number of aliphatic carboxylic acids is 3. The second-order valence-electron chi connectivity index (χ2n) is 7.96. The number of H-pyrrole nitrogens is 1. The molecule has 0 aliphatic rings. The number of aromatic nitrogens is 2. The number of nitrogens with one attached hydrogen (secondary N) is 1. The largest absolute Gasteiger partial charge is 0.497 e. The van der Waals surface area contributed by atoms with E-state index in [1.54, 1.807) is 26.8 Å². The molecule has 0 atom stereocenters. The van der Waals surface area contributed by atoms with Crippen molar-refractivity contribution in [2.24, 2.45) is 0 Å². The number of imidazole rings is 1. The summed E-state index contributed by atoms with van der Waals surface area (Å²) in [5.41, 5.74) is -0.601. The Labute approximate surface area is 211 Å². The Morgan fingerprint density at radius 1 is 1.03 bits per heavy atom. The quantitative estimate of drug-likeness (QED) is 0.220. The highest BCUT2D eigenvalue weighted by Gasteiger charge is 2.40. The molecular formula is C24H29N3O10. The third-order valence-corrected chi connectivity index (χ3v) is 5.08. The molecule has 2 heterocycles. The van der Waals surface area contributed by atoms with Gasteiger partial charge >= 0.3 is 17.9 Å². The number of benzene rings is 1. The molecule has 200 valence electrons. The van der Waals surface area contributed by atoms with Crippen molar-refractivity contribution in [1.82, 2.24) is 14.9 Å². The minimum atomic E-state index is -2.74. The lowest BCUT2D eigenvalue weighted by molar-refractivity contribution is -0.170. The maximum Gasteiger partial charge on any atom is 0.336 e. The Bertz CT molecular complexity index is 1090. The van der Waals surface area contributed by atoms with Crippen LogP contribution in [0.15, 0.2) is 53.5 Å². The number of ether oxygens (including phenoxy) is 2. The third kappa shape index (κ3) is 9.31. The van der Waals surface area contributed by atoms with Gasteiger partial charge in [0.15, 0.2) is 5.60 Å². The van der Waals surface area contributed by atoms with Gasteiger partial charge in [0.2, 0.25) is 0 Å². The first-order chi connectivity index (χ1) is 17.6. The van der Waals surface area contributed by atoms with Crippen LogP contribution in [0.25, 0.3) is 0 Å². The normalized spacial score (nSPS) is 10.9. The molecule has 0 aliphatic carbocycles. The van der Waals surface area contributed by atoms with E-state index >= 15 is 0 Å². The highest BCUT2D eigenvalue weighted by atomic mass is 16.5. The molecule has 0 aliphatic heterocycles. The number of hydrogen-bond acceptors (Lipinski definition) is 9. The second kappa shape index (κ2) is 13.7. The first-order valence-electron chi connectivity index (χ1n) is 10.9. The maximum absolute atomic E-state index is 10.3. The highest BCUT2D eigenvalue weighted by molar-refractivity contribution is 5.88. The summed E-state index contributed by atoms with van der Waals surface area (Å²) < 4.78 is 16.3. The summed E-state index contributed by atoms with van der Waals surface area (Å²) in [5.74, 6) is -2.51. The number of carbonyl (C=O) groups is 3. The number of methoxy groups -OCH3 is 2. The molecule has 3 rings (SSSR count). The fraction of sp³-hybridized carbons (Fsp3) is 0.333. The number of hydrogen-bond donors (Lipinski definition) is 5. The summed E-state index contributed by atoms with van der Waals surface area (Å²) in [5, 5.41) is 33.8. The van der Waals surface area contributed by atoms with Gasteiger partial charge in [0.1, 0.15) is 17.3 Å². The fourth-order valence-electron chi connectivity index (χ4n) is 3.34. The monoisotopic (exact) mass is 519 g/mol. The van der Waals surface area contributed by atoms with Gasteiger partial charge in [0.25, 0.3) is 0 Å². The molecule has 0 bridgehead atoms. The van der Waals surface area contributed by atoms with E-state index < -0.39 is 36.4 Å². The van der Waals surface area contributed by atoms with Gasteiger partial charge < -0.3 is 39.3 Å². The summed E-state index contributed by atoms with van der Waals surface area (Å²) in [6, 6.07) is 9.75. The van der Waals surface area contributed by atoms with E-state index in [1.165, 1.54) is 0 Å². The zero-order valence-corrected chi connectivity index (χ0v) is 20.3. The molecule has 2 aromatic heterocycles. The van der Waals surface area contributed by atoms with Gasteiger partial charge in [-0.3, -0.25) is 14.5 Å². The molecule has 0 saturated carbocycles. The van der Waals surface area contributed by atoms with Gasteiger partial charge in [-0.15, -0.1) is 0 Å². The lowest BCUT2D eigenvalue weighted by Gasteiger charge is -2.22. The van der Waals surface area contributed by atoms with Crippen molar-refractivity contribution in [3.8, 4) is 11.5 Å². The minimum Gasteiger partial charge on any atom is -0.497 e. The maximum atomic E-state index is 10.3. The average molecular weight is 520 g/mol. The molecule has 5 N–H and O–H groups in total. The summed E-state index contributed by atoms with van der Waals surface area (Å²) in [7, 11) is 3.32. The van der Waals surface area contributed by atoms with Gasteiger partial charge in [-0.05, 0) is 18.2 Å². The molecule has 0 amide bonds. The highest BCUT2D eigenvalue weighted by Crippen LogP contribution is 2.26. The molecule has 0 radical (unpaired) electrons. The Kier molecular flexibility index (Phi) is 10.7. The van der Waals surface area contributed by atoms with Crippen molar-refractivity contribution < 1.29 is 48.7 Å². The molecular weight excluding hydrogens is 490 g/mol. The predicted octanol–water partition coefficient (Wildman–Crippen LogP) is 1.97.